The van der Waals surface area contributed by atoms with Crippen LogP contribution in [0.1, 0.15) is 36.8 Å². The second kappa shape index (κ2) is 7.28. The number of hydrogen-bond acceptors (Lipinski definition) is 2. The second-order valence-corrected chi connectivity index (χ2v) is 4.47. The van der Waals surface area contributed by atoms with Gasteiger partial charge < -0.3 is 5.73 Å². The Labute approximate surface area is 110 Å². The summed E-state index contributed by atoms with van der Waals surface area (Å²) in [7, 11) is 0. The molecule has 0 saturated heterocycles. The molecule has 0 atom stereocenters. The van der Waals surface area contributed by atoms with Crippen LogP contribution in [0.15, 0.2) is 24.3 Å². The summed E-state index contributed by atoms with van der Waals surface area (Å²) in [5.41, 5.74) is 4.66. The Morgan fingerprint density at radius 3 is 2.42 bits per heavy atom. The maximum Gasteiger partial charge on any atom is 0.416 e. The first-order valence-electron chi connectivity index (χ1n) is 6.32. The van der Waals surface area contributed by atoms with Gasteiger partial charge in [-0.1, -0.05) is 24.6 Å². The van der Waals surface area contributed by atoms with Crippen molar-refractivity contribution in [3.63, 3.8) is 0 Å². The van der Waals surface area contributed by atoms with E-state index in [4.69, 9.17) is 5.73 Å². The molecule has 0 aromatic heterocycles. The number of rotatable bonds is 7. The summed E-state index contributed by atoms with van der Waals surface area (Å²) in [4.78, 5) is 11.7. The molecule has 0 saturated carbocycles. The molecular weight excluding hydrogens is 255 g/mol. The Balaban J connectivity index is 2.59. The monoisotopic (exact) mass is 273 g/mol. The van der Waals surface area contributed by atoms with E-state index in [1.165, 1.54) is 18.2 Å². The van der Waals surface area contributed by atoms with E-state index in [2.05, 4.69) is 0 Å². The molecule has 0 unspecified atom stereocenters. The molecule has 2 N–H and O–H groups in total. The van der Waals surface area contributed by atoms with Gasteiger partial charge in [0.1, 0.15) is 5.78 Å². The van der Waals surface area contributed by atoms with Crippen molar-refractivity contribution < 1.29 is 18.0 Å². The Kier molecular flexibility index (Phi) is 6.02. The van der Waals surface area contributed by atoms with Crippen LogP contribution in [0.3, 0.4) is 0 Å². The summed E-state index contributed by atoms with van der Waals surface area (Å²) < 4.78 is 38.2. The van der Waals surface area contributed by atoms with Gasteiger partial charge >= 0.3 is 6.18 Å². The van der Waals surface area contributed by atoms with Crippen LogP contribution in [0.25, 0.3) is 0 Å². The highest BCUT2D eigenvalue weighted by Gasteiger charge is 2.33. The molecule has 19 heavy (non-hydrogen) atoms. The zero-order chi connectivity index (χ0) is 14.3. The molecule has 0 radical (unpaired) electrons. The molecule has 0 spiro atoms. The zero-order valence-corrected chi connectivity index (χ0v) is 10.7. The number of Topliss-reactive ketones (excluding diaryl/α,β-unsaturated/α-hetero) is 1. The van der Waals surface area contributed by atoms with E-state index in [9.17, 15) is 18.0 Å². The third-order valence-electron chi connectivity index (χ3n) is 2.87. The van der Waals surface area contributed by atoms with Crippen molar-refractivity contribution in [2.24, 2.45) is 5.73 Å². The molecule has 0 heterocycles. The van der Waals surface area contributed by atoms with E-state index in [0.29, 0.717) is 19.4 Å². The molecule has 0 amide bonds. The Morgan fingerprint density at radius 2 is 1.79 bits per heavy atom. The molecule has 0 fully saturated rings. The Bertz CT molecular complexity index is 415. The van der Waals surface area contributed by atoms with Crippen molar-refractivity contribution in [3.05, 3.63) is 35.4 Å². The molecule has 5 heteroatoms. The lowest BCUT2D eigenvalue weighted by atomic mass is 9.99. The first-order valence-corrected chi connectivity index (χ1v) is 6.32. The lowest BCUT2D eigenvalue weighted by Crippen LogP contribution is -2.12. The number of carbonyl (C=O) groups is 1. The molecule has 1 rings (SSSR count). The van der Waals surface area contributed by atoms with Gasteiger partial charge in [-0.15, -0.1) is 0 Å². The van der Waals surface area contributed by atoms with Gasteiger partial charge in [-0.3, -0.25) is 4.79 Å². The number of alkyl halides is 3. The minimum Gasteiger partial charge on any atom is -0.330 e. The first-order chi connectivity index (χ1) is 8.95. The van der Waals surface area contributed by atoms with Crippen molar-refractivity contribution in [2.75, 3.05) is 6.54 Å². The first kappa shape index (κ1) is 15.7. The largest absolute Gasteiger partial charge is 0.416 e. The van der Waals surface area contributed by atoms with Gasteiger partial charge in [-0.2, -0.15) is 13.2 Å². The van der Waals surface area contributed by atoms with Gasteiger partial charge in [0, 0.05) is 12.8 Å². The zero-order valence-electron chi connectivity index (χ0n) is 10.7. The highest BCUT2D eigenvalue weighted by Crippen LogP contribution is 2.32. The Morgan fingerprint density at radius 1 is 1.11 bits per heavy atom. The van der Waals surface area contributed by atoms with Crippen LogP contribution in [0.5, 0.6) is 0 Å². The maximum atomic E-state index is 12.7. The highest BCUT2D eigenvalue weighted by atomic mass is 19.4. The van der Waals surface area contributed by atoms with Gasteiger partial charge in [-0.05, 0) is 31.0 Å². The number of benzene rings is 1. The molecular formula is C14H18F3NO. The molecule has 106 valence electrons. The van der Waals surface area contributed by atoms with Gasteiger partial charge in [0.2, 0.25) is 0 Å². The summed E-state index contributed by atoms with van der Waals surface area (Å²) in [6, 6.07) is 5.22. The van der Waals surface area contributed by atoms with Crippen molar-refractivity contribution in [1.82, 2.24) is 0 Å². The van der Waals surface area contributed by atoms with Crippen LogP contribution >= 0.6 is 0 Å². The van der Waals surface area contributed by atoms with E-state index in [0.717, 1.165) is 18.9 Å². The van der Waals surface area contributed by atoms with Gasteiger partial charge in [0.05, 0.1) is 5.56 Å². The SMILES string of the molecule is NCCCCCC(=O)Cc1ccccc1C(F)(F)F. The third-order valence-corrected chi connectivity index (χ3v) is 2.87. The minimum absolute atomic E-state index is 0.0545. The van der Waals surface area contributed by atoms with Gasteiger partial charge in [0.15, 0.2) is 0 Å². The van der Waals surface area contributed by atoms with Gasteiger partial charge in [-0.25, -0.2) is 0 Å². The number of hydrogen-bond donors (Lipinski definition) is 1. The number of unbranched alkanes of at least 4 members (excludes halogenated alkanes) is 2. The highest BCUT2D eigenvalue weighted by molar-refractivity contribution is 5.81. The number of nitrogens with two attached hydrogens (primary N) is 1. The van der Waals surface area contributed by atoms with Crippen LogP contribution in [-0.4, -0.2) is 12.3 Å². The van der Waals surface area contributed by atoms with E-state index in [1.807, 2.05) is 0 Å². The Hall–Kier alpha value is -1.36. The van der Waals surface area contributed by atoms with E-state index >= 15 is 0 Å². The summed E-state index contributed by atoms with van der Waals surface area (Å²) in [6.45, 7) is 0.575. The van der Waals surface area contributed by atoms with E-state index < -0.39 is 11.7 Å². The van der Waals surface area contributed by atoms with Crippen LogP contribution in [0, 0.1) is 0 Å². The fourth-order valence-electron chi connectivity index (χ4n) is 1.90. The van der Waals surface area contributed by atoms with Gasteiger partial charge in [0.25, 0.3) is 0 Å². The standard InChI is InChI=1S/C14H18F3NO/c15-14(16,17)13-8-4-3-6-11(13)10-12(19)7-2-1-5-9-18/h3-4,6,8H,1-2,5,7,9-10,18H2. The van der Waals surface area contributed by atoms with Crippen molar-refractivity contribution >= 4 is 5.78 Å². The normalized spacial score (nSPS) is 11.6. The molecule has 1 aromatic rings. The average Bonchev–Trinajstić information content (AvgIpc) is 2.34. The lowest BCUT2D eigenvalue weighted by molar-refractivity contribution is -0.138. The molecule has 0 aliphatic rings. The van der Waals surface area contributed by atoms with Crippen molar-refractivity contribution in [2.45, 2.75) is 38.3 Å². The quantitative estimate of drug-likeness (QED) is 0.774. The van der Waals surface area contributed by atoms with Crippen molar-refractivity contribution in [1.29, 1.82) is 0 Å². The van der Waals surface area contributed by atoms with E-state index in [1.54, 1.807) is 0 Å². The number of ketones is 1. The summed E-state index contributed by atoms with van der Waals surface area (Å²) in [5.74, 6) is -0.159. The minimum atomic E-state index is -4.41. The number of carbonyl (C=O) groups excluding carboxylic acids is 1. The van der Waals surface area contributed by atoms with Crippen LogP contribution in [0.4, 0.5) is 13.2 Å². The second-order valence-electron chi connectivity index (χ2n) is 4.47. The molecule has 0 aliphatic heterocycles. The van der Waals surface area contributed by atoms with Crippen molar-refractivity contribution in [3.8, 4) is 0 Å². The summed E-state index contributed by atoms with van der Waals surface area (Å²) in [6.07, 6.45) is -1.89. The topological polar surface area (TPSA) is 43.1 Å². The summed E-state index contributed by atoms with van der Waals surface area (Å²) in [5, 5.41) is 0. The molecule has 0 aliphatic carbocycles. The molecule has 0 bridgehead atoms. The summed E-state index contributed by atoms with van der Waals surface area (Å²) >= 11 is 0. The third kappa shape index (κ3) is 5.42. The van der Waals surface area contributed by atoms with Crippen LogP contribution < -0.4 is 5.73 Å². The van der Waals surface area contributed by atoms with Crippen LogP contribution in [0.2, 0.25) is 0 Å². The maximum absolute atomic E-state index is 12.7. The predicted octanol–water partition coefficient (Wildman–Crippen LogP) is 3.34. The smallest absolute Gasteiger partial charge is 0.330 e. The number of halogens is 3. The fraction of sp³-hybridized carbons (Fsp3) is 0.500. The molecule has 2 nitrogen and oxygen atoms in total. The predicted molar refractivity (Wildman–Crippen MR) is 67.7 cm³/mol. The lowest BCUT2D eigenvalue weighted by Gasteiger charge is -2.11. The fourth-order valence-corrected chi connectivity index (χ4v) is 1.90. The molecule has 1 aromatic carbocycles. The van der Waals surface area contributed by atoms with Crippen LogP contribution in [-0.2, 0) is 17.4 Å². The van der Waals surface area contributed by atoms with E-state index in [-0.39, 0.29) is 17.8 Å². The average molecular weight is 273 g/mol.